The van der Waals surface area contributed by atoms with Crippen LogP contribution in [0.1, 0.15) is 23.7 Å². The highest BCUT2D eigenvalue weighted by Gasteiger charge is 2.19. The number of rotatable bonds is 11. The zero-order valence-corrected chi connectivity index (χ0v) is 19.7. The van der Waals surface area contributed by atoms with Gasteiger partial charge < -0.3 is 29.2 Å². The molecule has 0 atom stereocenters. The van der Waals surface area contributed by atoms with E-state index in [1.54, 1.807) is 24.3 Å². The Kier molecular flexibility index (Phi) is 9.81. The van der Waals surface area contributed by atoms with Gasteiger partial charge in [0.25, 0.3) is 5.91 Å². The fourth-order valence-corrected chi connectivity index (χ4v) is 2.97. The van der Waals surface area contributed by atoms with E-state index in [-0.39, 0.29) is 22.9 Å². The minimum Gasteiger partial charge on any atom is -0.497 e. The summed E-state index contributed by atoms with van der Waals surface area (Å²) in [4.78, 5) is 38.1. The Hall–Kier alpha value is -3.46. The van der Waals surface area contributed by atoms with Crippen molar-refractivity contribution in [2.24, 2.45) is 0 Å². The lowest BCUT2D eigenvalue weighted by Crippen LogP contribution is -2.37. The number of nitrogens with one attached hydrogen (secondary N) is 1. The van der Waals surface area contributed by atoms with E-state index in [0.29, 0.717) is 23.8 Å². The van der Waals surface area contributed by atoms with E-state index in [1.165, 1.54) is 33.4 Å². The standard InChI is InChI=1S/C23H27ClN2O7/c1-5-9-32-22-18(24)10-15(11-19(22)31-4)23(29)33-14-21(28)26(2)13-20(27)25-16-7-6-8-17(12-16)30-3/h6-8,10-12H,5,9,13-14H2,1-4H3,(H,25,27). The predicted octanol–water partition coefficient (Wildman–Crippen LogP) is 3.40. The van der Waals surface area contributed by atoms with Crippen molar-refractivity contribution in [1.82, 2.24) is 4.90 Å². The van der Waals surface area contributed by atoms with Crippen LogP contribution in [0.4, 0.5) is 5.69 Å². The molecule has 0 saturated carbocycles. The van der Waals surface area contributed by atoms with Crippen LogP contribution < -0.4 is 19.5 Å². The van der Waals surface area contributed by atoms with Gasteiger partial charge in [0.05, 0.1) is 38.0 Å². The van der Waals surface area contributed by atoms with Gasteiger partial charge in [-0.2, -0.15) is 0 Å². The van der Waals surface area contributed by atoms with Crippen molar-refractivity contribution in [3.05, 3.63) is 47.0 Å². The van der Waals surface area contributed by atoms with Gasteiger partial charge in [-0.25, -0.2) is 4.79 Å². The highest BCUT2D eigenvalue weighted by molar-refractivity contribution is 6.32. The maximum absolute atomic E-state index is 12.4. The molecule has 1 N–H and O–H groups in total. The van der Waals surface area contributed by atoms with Crippen LogP contribution in [-0.4, -0.2) is 63.7 Å². The molecule has 0 radical (unpaired) electrons. The zero-order valence-electron chi connectivity index (χ0n) is 19.0. The second-order valence-corrected chi connectivity index (χ2v) is 7.35. The monoisotopic (exact) mass is 478 g/mol. The SMILES string of the molecule is CCCOc1c(Cl)cc(C(=O)OCC(=O)N(C)CC(=O)Nc2cccc(OC)c2)cc1OC. The lowest BCUT2D eigenvalue weighted by Gasteiger charge is -2.17. The molecule has 178 valence electrons. The van der Waals surface area contributed by atoms with Gasteiger partial charge in [0, 0.05) is 18.8 Å². The van der Waals surface area contributed by atoms with Crippen molar-refractivity contribution in [2.45, 2.75) is 13.3 Å². The van der Waals surface area contributed by atoms with Gasteiger partial charge in [0.15, 0.2) is 18.1 Å². The molecular formula is C23H27ClN2O7. The molecule has 0 unspecified atom stereocenters. The summed E-state index contributed by atoms with van der Waals surface area (Å²) in [6, 6.07) is 9.63. The summed E-state index contributed by atoms with van der Waals surface area (Å²) in [5, 5.41) is 2.86. The van der Waals surface area contributed by atoms with Crippen LogP contribution in [0.2, 0.25) is 5.02 Å². The number of hydrogen-bond acceptors (Lipinski definition) is 7. The van der Waals surface area contributed by atoms with Gasteiger partial charge in [-0.15, -0.1) is 0 Å². The van der Waals surface area contributed by atoms with Gasteiger partial charge in [0.2, 0.25) is 5.91 Å². The number of esters is 1. The Bertz CT molecular complexity index is 997. The summed E-state index contributed by atoms with van der Waals surface area (Å²) in [5.41, 5.74) is 0.635. The topological polar surface area (TPSA) is 103 Å². The number of halogens is 1. The largest absolute Gasteiger partial charge is 0.497 e. The molecule has 0 aliphatic carbocycles. The summed E-state index contributed by atoms with van der Waals surface area (Å²) in [5.74, 6) is -0.531. The average Bonchev–Trinajstić information content (AvgIpc) is 2.80. The first kappa shape index (κ1) is 25.8. The summed E-state index contributed by atoms with van der Waals surface area (Å²) >= 11 is 6.21. The summed E-state index contributed by atoms with van der Waals surface area (Å²) in [6.45, 7) is 1.61. The van der Waals surface area contributed by atoms with Gasteiger partial charge in [-0.1, -0.05) is 24.6 Å². The van der Waals surface area contributed by atoms with E-state index >= 15 is 0 Å². The fraction of sp³-hybridized carbons (Fsp3) is 0.348. The maximum atomic E-state index is 12.4. The first-order valence-corrected chi connectivity index (χ1v) is 10.5. The molecule has 2 aromatic carbocycles. The van der Waals surface area contributed by atoms with E-state index in [2.05, 4.69) is 5.32 Å². The van der Waals surface area contributed by atoms with Gasteiger partial charge in [-0.3, -0.25) is 9.59 Å². The molecule has 0 aliphatic heterocycles. The second kappa shape index (κ2) is 12.5. The van der Waals surface area contributed by atoms with Gasteiger partial charge in [-0.05, 0) is 30.7 Å². The van der Waals surface area contributed by atoms with Crippen LogP contribution in [0.15, 0.2) is 36.4 Å². The number of nitrogens with zero attached hydrogens (tertiary/aromatic N) is 1. The quantitative estimate of drug-likeness (QED) is 0.493. The molecule has 0 bridgehead atoms. The highest BCUT2D eigenvalue weighted by Crippen LogP contribution is 2.36. The number of likely N-dealkylation sites (N-methyl/N-ethyl adjacent to an activating group) is 1. The van der Waals surface area contributed by atoms with Crippen LogP contribution in [-0.2, 0) is 14.3 Å². The van der Waals surface area contributed by atoms with Crippen molar-refractivity contribution >= 4 is 35.1 Å². The molecule has 33 heavy (non-hydrogen) atoms. The first-order valence-electron chi connectivity index (χ1n) is 10.1. The first-order chi connectivity index (χ1) is 15.8. The molecule has 0 aliphatic rings. The van der Waals surface area contributed by atoms with E-state index in [1.807, 2.05) is 6.92 Å². The Balaban J connectivity index is 1.91. The molecule has 2 aromatic rings. The third-order valence-corrected chi connectivity index (χ3v) is 4.68. The third-order valence-electron chi connectivity index (χ3n) is 4.40. The number of hydrogen-bond donors (Lipinski definition) is 1. The molecule has 10 heteroatoms. The number of carbonyl (C=O) groups is 3. The maximum Gasteiger partial charge on any atom is 0.338 e. The lowest BCUT2D eigenvalue weighted by atomic mass is 10.2. The number of carbonyl (C=O) groups excluding carboxylic acids is 3. The minimum atomic E-state index is -0.764. The van der Waals surface area contributed by atoms with Crippen molar-refractivity contribution in [2.75, 3.05) is 46.3 Å². The lowest BCUT2D eigenvalue weighted by molar-refractivity contribution is -0.136. The average molecular weight is 479 g/mol. The minimum absolute atomic E-state index is 0.104. The normalized spacial score (nSPS) is 10.2. The molecular weight excluding hydrogens is 452 g/mol. The number of methoxy groups -OCH3 is 2. The van der Waals surface area contributed by atoms with Crippen LogP contribution >= 0.6 is 11.6 Å². The van der Waals surface area contributed by atoms with Crippen LogP contribution in [0.5, 0.6) is 17.2 Å². The molecule has 0 spiro atoms. The molecule has 0 fully saturated rings. The zero-order chi connectivity index (χ0) is 24.4. The summed E-state index contributed by atoms with van der Waals surface area (Å²) < 4.78 is 21.0. The Labute approximate surface area is 197 Å². The van der Waals surface area contributed by atoms with Crippen molar-refractivity contribution in [3.63, 3.8) is 0 Å². The van der Waals surface area contributed by atoms with E-state index in [4.69, 9.17) is 30.5 Å². The number of amides is 2. The van der Waals surface area contributed by atoms with Crippen molar-refractivity contribution < 1.29 is 33.3 Å². The number of ether oxygens (including phenoxy) is 4. The molecule has 9 nitrogen and oxygen atoms in total. The van der Waals surface area contributed by atoms with Gasteiger partial charge in [0.1, 0.15) is 5.75 Å². The highest BCUT2D eigenvalue weighted by atomic mass is 35.5. The Morgan fingerprint density at radius 1 is 1.09 bits per heavy atom. The fourth-order valence-electron chi connectivity index (χ4n) is 2.71. The van der Waals surface area contributed by atoms with Crippen molar-refractivity contribution in [3.8, 4) is 17.2 Å². The smallest absolute Gasteiger partial charge is 0.338 e. The van der Waals surface area contributed by atoms with E-state index in [9.17, 15) is 14.4 Å². The molecule has 0 saturated heterocycles. The van der Waals surface area contributed by atoms with E-state index < -0.39 is 24.4 Å². The predicted molar refractivity (Wildman–Crippen MR) is 123 cm³/mol. The van der Waals surface area contributed by atoms with Crippen LogP contribution in [0.3, 0.4) is 0 Å². The third kappa shape index (κ3) is 7.57. The van der Waals surface area contributed by atoms with Crippen molar-refractivity contribution in [1.29, 1.82) is 0 Å². The second-order valence-electron chi connectivity index (χ2n) is 6.94. The Morgan fingerprint density at radius 3 is 2.52 bits per heavy atom. The van der Waals surface area contributed by atoms with Crippen LogP contribution in [0.25, 0.3) is 0 Å². The van der Waals surface area contributed by atoms with E-state index in [0.717, 1.165) is 11.3 Å². The molecule has 2 rings (SSSR count). The summed E-state index contributed by atoms with van der Waals surface area (Å²) in [7, 11) is 4.38. The molecule has 0 heterocycles. The summed E-state index contributed by atoms with van der Waals surface area (Å²) in [6.07, 6.45) is 0.774. The van der Waals surface area contributed by atoms with Crippen LogP contribution in [0, 0.1) is 0 Å². The van der Waals surface area contributed by atoms with Gasteiger partial charge >= 0.3 is 5.97 Å². The molecule has 2 amide bonds. The molecule has 0 aromatic heterocycles. The number of benzene rings is 2. The number of anilines is 1. The Morgan fingerprint density at radius 2 is 1.85 bits per heavy atom.